The van der Waals surface area contributed by atoms with E-state index in [9.17, 15) is 14.4 Å². The van der Waals surface area contributed by atoms with Crippen LogP contribution in [0.1, 0.15) is 30.4 Å². The summed E-state index contributed by atoms with van der Waals surface area (Å²) >= 11 is 0. The first kappa shape index (κ1) is 19.8. The summed E-state index contributed by atoms with van der Waals surface area (Å²) < 4.78 is 5.21. The van der Waals surface area contributed by atoms with Crippen LogP contribution in [0.5, 0.6) is 0 Å². The highest BCUT2D eigenvalue weighted by Crippen LogP contribution is 2.24. The third kappa shape index (κ3) is 5.06. The Kier molecular flexibility index (Phi) is 6.95. The van der Waals surface area contributed by atoms with E-state index in [1.807, 2.05) is 60.7 Å². The van der Waals surface area contributed by atoms with Gasteiger partial charge in [-0.1, -0.05) is 60.7 Å². The van der Waals surface area contributed by atoms with Crippen LogP contribution in [0, 0.1) is 5.92 Å². The highest BCUT2D eigenvalue weighted by Gasteiger charge is 2.40. The summed E-state index contributed by atoms with van der Waals surface area (Å²) in [4.78, 5) is 37.6. The summed E-state index contributed by atoms with van der Waals surface area (Å²) in [6, 6.07) is 19.2. The Hall–Kier alpha value is -2.95. The molecule has 3 rings (SSSR count). The molecule has 0 N–H and O–H groups in total. The lowest BCUT2D eigenvalue weighted by Gasteiger charge is -2.25. The number of hydrogen-bond donors (Lipinski definition) is 0. The maximum Gasteiger partial charge on any atom is 0.416 e. The summed E-state index contributed by atoms with van der Waals surface area (Å²) in [6.07, 6.45) is 3.01. The predicted octanol–water partition coefficient (Wildman–Crippen LogP) is 3.80. The molecule has 0 aliphatic carbocycles. The van der Waals surface area contributed by atoms with E-state index in [-0.39, 0.29) is 24.5 Å². The fourth-order valence-corrected chi connectivity index (χ4v) is 3.62. The molecule has 0 radical (unpaired) electrons. The van der Waals surface area contributed by atoms with Crippen LogP contribution in [0.3, 0.4) is 0 Å². The van der Waals surface area contributed by atoms with Gasteiger partial charge in [0.1, 0.15) is 12.9 Å². The van der Waals surface area contributed by atoms with Crippen LogP contribution in [0.2, 0.25) is 0 Å². The number of imide groups is 1. The number of ether oxygens (including phenoxy) is 1. The monoisotopic (exact) mass is 379 g/mol. The summed E-state index contributed by atoms with van der Waals surface area (Å²) in [5.74, 6) is -0.565. The summed E-state index contributed by atoms with van der Waals surface area (Å²) in [7, 11) is 0. The Labute approximate surface area is 165 Å². The maximum absolute atomic E-state index is 13.3. The molecule has 0 spiro atoms. The minimum Gasteiger partial charge on any atom is -0.447 e. The van der Waals surface area contributed by atoms with E-state index in [2.05, 4.69) is 0 Å². The van der Waals surface area contributed by atoms with Gasteiger partial charge >= 0.3 is 6.09 Å². The molecule has 1 saturated heterocycles. The number of nitrogens with zero attached hydrogens (tertiary/aromatic N) is 1. The molecule has 146 valence electrons. The van der Waals surface area contributed by atoms with E-state index in [0.717, 1.165) is 17.4 Å². The first-order valence-electron chi connectivity index (χ1n) is 9.70. The number of cyclic esters (lactones) is 1. The van der Waals surface area contributed by atoms with Crippen molar-refractivity contribution in [2.45, 2.75) is 38.1 Å². The predicted molar refractivity (Wildman–Crippen MR) is 106 cm³/mol. The molecule has 2 atom stereocenters. The highest BCUT2D eigenvalue weighted by molar-refractivity contribution is 5.95. The minimum absolute atomic E-state index is 0.210. The van der Waals surface area contributed by atoms with Gasteiger partial charge in [-0.3, -0.25) is 4.79 Å². The lowest BCUT2D eigenvalue weighted by Crippen LogP contribution is -2.44. The smallest absolute Gasteiger partial charge is 0.416 e. The van der Waals surface area contributed by atoms with E-state index in [4.69, 9.17) is 4.74 Å². The van der Waals surface area contributed by atoms with E-state index in [0.29, 0.717) is 32.1 Å². The Morgan fingerprint density at radius 3 is 2.36 bits per heavy atom. The van der Waals surface area contributed by atoms with Crippen LogP contribution in [0.25, 0.3) is 0 Å². The Balaban J connectivity index is 1.76. The molecule has 2 amide bonds. The molecule has 0 saturated carbocycles. The normalized spacial score (nSPS) is 17.2. The van der Waals surface area contributed by atoms with Crippen molar-refractivity contribution in [1.82, 2.24) is 4.90 Å². The van der Waals surface area contributed by atoms with Gasteiger partial charge in [0.2, 0.25) is 5.91 Å². The fraction of sp³-hybridized carbons (Fsp3) is 0.348. The third-order valence-electron chi connectivity index (χ3n) is 5.06. The second-order valence-corrected chi connectivity index (χ2v) is 7.11. The number of rotatable bonds is 9. The van der Waals surface area contributed by atoms with Gasteiger partial charge in [0.25, 0.3) is 0 Å². The van der Waals surface area contributed by atoms with Crippen LogP contribution in [-0.4, -0.2) is 35.8 Å². The number of carbonyl (C=O) groups excluding carboxylic acids is 3. The largest absolute Gasteiger partial charge is 0.447 e. The molecule has 2 aromatic carbocycles. The van der Waals surface area contributed by atoms with E-state index < -0.39 is 6.09 Å². The van der Waals surface area contributed by atoms with Crippen LogP contribution in [0.15, 0.2) is 60.7 Å². The maximum atomic E-state index is 13.3. The van der Waals surface area contributed by atoms with Gasteiger partial charge in [-0.2, -0.15) is 0 Å². The second-order valence-electron chi connectivity index (χ2n) is 7.11. The minimum atomic E-state index is -0.570. The van der Waals surface area contributed by atoms with Gasteiger partial charge in [-0.05, 0) is 36.8 Å². The molecule has 1 fully saturated rings. The highest BCUT2D eigenvalue weighted by atomic mass is 16.6. The molecule has 5 heteroatoms. The molecule has 1 aliphatic heterocycles. The standard InChI is InChI=1S/C23H25NO4/c25-14-8-7-13-20(15-18-9-3-1-4-10-18)22(26)24-21(17-28-23(24)27)16-19-11-5-2-6-12-19/h1-6,9-12,14,20-21H,7-8,13,15-17H2/t20-,21+/m0/s1. The summed E-state index contributed by atoms with van der Waals surface area (Å²) in [5, 5.41) is 0. The van der Waals surface area contributed by atoms with Crippen molar-refractivity contribution in [3.05, 3.63) is 71.8 Å². The molecule has 28 heavy (non-hydrogen) atoms. The van der Waals surface area contributed by atoms with Gasteiger partial charge in [0, 0.05) is 12.3 Å². The molecule has 0 aromatic heterocycles. The van der Waals surface area contributed by atoms with E-state index in [1.54, 1.807) is 0 Å². The van der Waals surface area contributed by atoms with Gasteiger partial charge in [-0.25, -0.2) is 9.69 Å². The molecular formula is C23H25NO4. The molecular weight excluding hydrogens is 354 g/mol. The molecule has 1 aliphatic rings. The van der Waals surface area contributed by atoms with Crippen LogP contribution in [0.4, 0.5) is 4.79 Å². The van der Waals surface area contributed by atoms with Gasteiger partial charge in [-0.15, -0.1) is 0 Å². The molecule has 5 nitrogen and oxygen atoms in total. The lowest BCUT2D eigenvalue weighted by molar-refractivity contribution is -0.133. The van der Waals surface area contributed by atoms with Crippen molar-refractivity contribution in [2.75, 3.05) is 6.61 Å². The number of carbonyl (C=O) groups is 3. The zero-order valence-electron chi connectivity index (χ0n) is 15.8. The molecule has 2 aromatic rings. The van der Waals surface area contributed by atoms with Crippen LogP contribution >= 0.6 is 0 Å². The van der Waals surface area contributed by atoms with Crippen LogP contribution < -0.4 is 0 Å². The van der Waals surface area contributed by atoms with Crippen molar-refractivity contribution >= 4 is 18.3 Å². The Morgan fingerprint density at radius 2 is 1.71 bits per heavy atom. The van der Waals surface area contributed by atoms with Crippen molar-refractivity contribution in [3.8, 4) is 0 Å². The molecule has 0 bridgehead atoms. The van der Waals surface area contributed by atoms with Gasteiger partial charge < -0.3 is 9.53 Å². The zero-order chi connectivity index (χ0) is 19.8. The SMILES string of the molecule is O=CCCC[C@@H](Cc1ccccc1)C(=O)N1C(=O)OC[C@H]1Cc1ccccc1. The summed E-state index contributed by atoms with van der Waals surface area (Å²) in [6.45, 7) is 0.214. The number of aldehydes is 1. The van der Waals surface area contributed by atoms with Crippen molar-refractivity contribution in [3.63, 3.8) is 0 Å². The van der Waals surface area contributed by atoms with Gasteiger partial charge in [0.05, 0.1) is 6.04 Å². The quantitative estimate of drug-likeness (QED) is 0.491. The average molecular weight is 379 g/mol. The van der Waals surface area contributed by atoms with Crippen LogP contribution in [-0.2, 0) is 27.2 Å². The number of hydrogen-bond acceptors (Lipinski definition) is 4. The third-order valence-corrected chi connectivity index (χ3v) is 5.06. The van der Waals surface area contributed by atoms with E-state index >= 15 is 0 Å². The Morgan fingerprint density at radius 1 is 1.07 bits per heavy atom. The zero-order valence-corrected chi connectivity index (χ0v) is 15.8. The first-order valence-corrected chi connectivity index (χ1v) is 9.70. The number of benzene rings is 2. The summed E-state index contributed by atoms with van der Waals surface area (Å²) in [5.41, 5.74) is 2.10. The Bertz CT molecular complexity index is 791. The number of amides is 2. The number of unbranched alkanes of at least 4 members (excludes halogenated alkanes) is 1. The molecule has 0 unspecified atom stereocenters. The van der Waals surface area contributed by atoms with E-state index in [1.165, 1.54) is 4.90 Å². The average Bonchev–Trinajstić information content (AvgIpc) is 3.08. The topological polar surface area (TPSA) is 63.7 Å². The lowest BCUT2D eigenvalue weighted by atomic mass is 9.92. The fourth-order valence-electron chi connectivity index (χ4n) is 3.62. The van der Waals surface area contributed by atoms with Crippen molar-refractivity contribution in [1.29, 1.82) is 0 Å². The van der Waals surface area contributed by atoms with Gasteiger partial charge in [0.15, 0.2) is 0 Å². The van der Waals surface area contributed by atoms with Crippen molar-refractivity contribution in [2.24, 2.45) is 5.92 Å². The molecule has 1 heterocycles. The van der Waals surface area contributed by atoms with Crippen molar-refractivity contribution < 1.29 is 19.1 Å². The second kappa shape index (κ2) is 9.83. The first-order chi connectivity index (χ1) is 13.7.